The first-order chi connectivity index (χ1) is 10.8. The molecule has 0 amide bonds. The highest BCUT2D eigenvalue weighted by Crippen LogP contribution is 2.36. The quantitative estimate of drug-likeness (QED) is 0.613. The molecule has 4 aromatic rings. The van der Waals surface area contributed by atoms with Gasteiger partial charge < -0.3 is 5.11 Å². The summed E-state index contributed by atoms with van der Waals surface area (Å²) in [5, 5.41) is 12.1. The van der Waals surface area contributed by atoms with E-state index in [1.54, 1.807) is 12.4 Å². The van der Waals surface area contributed by atoms with Crippen molar-refractivity contribution in [1.29, 1.82) is 0 Å². The third-order valence-corrected chi connectivity index (χ3v) is 4.20. The van der Waals surface area contributed by atoms with Crippen LogP contribution < -0.4 is 0 Å². The molecule has 0 aliphatic carbocycles. The van der Waals surface area contributed by atoms with Crippen LogP contribution in [0.1, 0.15) is 0 Å². The fourth-order valence-electron chi connectivity index (χ4n) is 2.22. The third-order valence-electron chi connectivity index (χ3n) is 3.23. The summed E-state index contributed by atoms with van der Waals surface area (Å²) >= 11 is 1.40. The average molecular weight is 306 g/mol. The van der Waals surface area contributed by atoms with E-state index in [1.165, 1.54) is 11.3 Å². The van der Waals surface area contributed by atoms with Crippen molar-refractivity contribution in [3.05, 3.63) is 54.2 Å². The van der Waals surface area contributed by atoms with Crippen LogP contribution >= 0.6 is 11.3 Å². The van der Waals surface area contributed by atoms with E-state index < -0.39 is 0 Å². The Kier molecular flexibility index (Phi) is 3.01. The van der Waals surface area contributed by atoms with Crippen LogP contribution in [0.4, 0.5) is 0 Å². The van der Waals surface area contributed by atoms with Gasteiger partial charge in [0.25, 0.3) is 0 Å². The summed E-state index contributed by atoms with van der Waals surface area (Å²) in [7, 11) is 0. The fourth-order valence-corrected chi connectivity index (χ4v) is 3.10. The Balaban J connectivity index is 1.97. The standard InChI is InChI=1S/C16H10N4OS/c21-16-14-13(10(9-22-14)11-5-1-3-7-17-11)19-15(20-16)12-6-2-4-8-18-12/h1-9H,(H,19,20,21). The molecule has 0 bridgehead atoms. The molecule has 0 radical (unpaired) electrons. The van der Waals surface area contributed by atoms with Gasteiger partial charge in [-0.3, -0.25) is 9.97 Å². The smallest absolute Gasteiger partial charge is 0.233 e. The summed E-state index contributed by atoms with van der Waals surface area (Å²) in [5.74, 6) is 0.374. The number of pyridine rings is 2. The number of hydrogen-bond acceptors (Lipinski definition) is 6. The number of thiophene rings is 1. The Morgan fingerprint density at radius 2 is 1.59 bits per heavy atom. The van der Waals surface area contributed by atoms with Crippen molar-refractivity contribution in [3.63, 3.8) is 0 Å². The second-order valence-electron chi connectivity index (χ2n) is 4.63. The molecule has 0 aliphatic heterocycles. The molecule has 4 rings (SSSR count). The zero-order chi connectivity index (χ0) is 14.9. The van der Waals surface area contributed by atoms with E-state index in [2.05, 4.69) is 19.9 Å². The molecule has 0 unspecified atom stereocenters. The van der Waals surface area contributed by atoms with Gasteiger partial charge in [0.2, 0.25) is 5.88 Å². The number of hydrogen-bond donors (Lipinski definition) is 1. The highest BCUT2D eigenvalue weighted by Gasteiger charge is 2.16. The highest BCUT2D eigenvalue weighted by atomic mass is 32.1. The lowest BCUT2D eigenvalue weighted by molar-refractivity contribution is 0.461. The molecule has 0 aromatic carbocycles. The van der Waals surface area contributed by atoms with E-state index in [0.29, 0.717) is 21.7 Å². The predicted molar refractivity (Wildman–Crippen MR) is 85.5 cm³/mol. The average Bonchev–Trinajstić information content (AvgIpc) is 3.01. The van der Waals surface area contributed by atoms with E-state index in [-0.39, 0.29) is 5.88 Å². The number of rotatable bonds is 2. The first-order valence-electron chi connectivity index (χ1n) is 6.64. The van der Waals surface area contributed by atoms with Gasteiger partial charge in [0.15, 0.2) is 5.82 Å². The Bertz CT molecular complexity index is 938. The zero-order valence-electron chi connectivity index (χ0n) is 11.3. The maximum atomic E-state index is 10.2. The first-order valence-corrected chi connectivity index (χ1v) is 7.52. The molecule has 0 saturated carbocycles. The van der Waals surface area contributed by atoms with E-state index in [4.69, 9.17) is 0 Å². The third kappa shape index (κ3) is 2.10. The van der Waals surface area contributed by atoms with Gasteiger partial charge in [0.1, 0.15) is 10.4 Å². The van der Waals surface area contributed by atoms with Gasteiger partial charge in [0.05, 0.1) is 11.2 Å². The fraction of sp³-hybridized carbons (Fsp3) is 0. The van der Waals surface area contributed by atoms with E-state index in [9.17, 15) is 5.11 Å². The molecular formula is C16H10N4OS. The van der Waals surface area contributed by atoms with Gasteiger partial charge in [-0.05, 0) is 24.3 Å². The largest absolute Gasteiger partial charge is 0.492 e. The number of aromatic nitrogens is 4. The van der Waals surface area contributed by atoms with E-state index >= 15 is 0 Å². The molecule has 5 nitrogen and oxygen atoms in total. The molecule has 1 N–H and O–H groups in total. The zero-order valence-corrected chi connectivity index (χ0v) is 12.2. The Morgan fingerprint density at radius 3 is 2.27 bits per heavy atom. The normalized spacial score (nSPS) is 10.9. The van der Waals surface area contributed by atoms with Gasteiger partial charge in [-0.2, -0.15) is 4.98 Å². The van der Waals surface area contributed by atoms with Crippen molar-refractivity contribution in [2.75, 3.05) is 0 Å². The molecule has 0 spiro atoms. The van der Waals surface area contributed by atoms with Crippen LogP contribution in [0.25, 0.3) is 33.0 Å². The predicted octanol–water partition coefficient (Wildman–Crippen LogP) is 3.52. The molecule has 0 fully saturated rings. The van der Waals surface area contributed by atoms with E-state index in [1.807, 2.05) is 41.8 Å². The number of fused-ring (bicyclic) bond motifs is 1. The minimum absolute atomic E-state index is 0.0298. The van der Waals surface area contributed by atoms with Gasteiger partial charge in [-0.1, -0.05) is 12.1 Å². The Morgan fingerprint density at radius 1 is 0.864 bits per heavy atom. The highest BCUT2D eigenvalue weighted by molar-refractivity contribution is 7.18. The van der Waals surface area contributed by atoms with Crippen LogP contribution in [-0.4, -0.2) is 25.0 Å². The van der Waals surface area contributed by atoms with Crippen molar-refractivity contribution in [1.82, 2.24) is 19.9 Å². The van der Waals surface area contributed by atoms with Crippen LogP contribution in [0, 0.1) is 0 Å². The Labute approximate surface area is 130 Å². The lowest BCUT2D eigenvalue weighted by atomic mass is 10.2. The molecule has 4 heterocycles. The molecule has 22 heavy (non-hydrogen) atoms. The Hall–Kier alpha value is -2.86. The second-order valence-corrected chi connectivity index (χ2v) is 5.51. The van der Waals surface area contributed by atoms with Crippen LogP contribution in [0.2, 0.25) is 0 Å². The van der Waals surface area contributed by atoms with Crippen LogP contribution in [0.3, 0.4) is 0 Å². The van der Waals surface area contributed by atoms with Crippen LogP contribution in [0.15, 0.2) is 54.2 Å². The molecule has 4 aromatic heterocycles. The maximum Gasteiger partial charge on any atom is 0.233 e. The molecule has 106 valence electrons. The molecule has 0 atom stereocenters. The topological polar surface area (TPSA) is 71.8 Å². The lowest BCUT2D eigenvalue weighted by Gasteiger charge is -2.03. The molecular weight excluding hydrogens is 296 g/mol. The summed E-state index contributed by atoms with van der Waals surface area (Å²) in [4.78, 5) is 17.3. The van der Waals surface area contributed by atoms with Crippen molar-refractivity contribution in [2.45, 2.75) is 0 Å². The second kappa shape index (κ2) is 5.16. The van der Waals surface area contributed by atoms with Gasteiger partial charge in [-0.15, -0.1) is 11.3 Å². The van der Waals surface area contributed by atoms with Gasteiger partial charge >= 0.3 is 0 Å². The van der Waals surface area contributed by atoms with Gasteiger partial charge in [0, 0.05) is 23.3 Å². The van der Waals surface area contributed by atoms with Gasteiger partial charge in [-0.25, -0.2) is 4.98 Å². The monoisotopic (exact) mass is 306 g/mol. The summed E-state index contributed by atoms with van der Waals surface area (Å²) < 4.78 is 0.653. The molecule has 0 aliphatic rings. The number of aromatic hydroxyl groups is 1. The van der Waals surface area contributed by atoms with Crippen LogP contribution in [-0.2, 0) is 0 Å². The summed E-state index contributed by atoms with van der Waals surface area (Å²) in [6.45, 7) is 0. The SMILES string of the molecule is Oc1nc(-c2ccccn2)nc2c(-c3ccccn3)csc12. The van der Waals surface area contributed by atoms with E-state index in [0.717, 1.165) is 11.3 Å². The number of nitrogens with zero attached hydrogens (tertiary/aromatic N) is 4. The minimum Gasteiger partial charge on any atom is -0.492 e. The summed E-state index contributed by atoms with van der Waals surface area (Å²) in [5.41, 5.74) is 3.02. The summed E-state index contributed by atoms with van der Waals surface area (Å²) in [6, 6.07) is 11.2. The van der Waals surface area contributed by atoms with Crippen molar-refractivity contribution in [3.8, 4) is 28.7 Å². The molecule has 0 saturated heterocycles. The summed E-state index contributed by atoms with van der Waals surface area (Å²) in [6.07, 6.45) is 3.41. The van der Waals surface area contributed by atoms with Crippen LogP contribution in [0.5, 0.6) is 5.88 Å². The molecule has 6 heteroatoms. The first kappa shape index (κ1) is 12.8. The lowest BCUT2D eigenvalue weighted by Crippen LogP contribution is -1.92. The minimum atomic E-state index is -0.0298. The van der Waals surface area contributed by atoms with Crippen molar-refractivity contribution >= 4 is 21.6 Å². The maximum absolute atomic E-state index is 10.2. The van der Waals surface area contributed by atoms with Crippen molar-refractivity contribution in [2.24, 2.45) is 0 Å². The van der Waals surface area contributed by atoms with Crippen molar-refractivity contribution < 1.29 is 5.11 Å².